The molecule has 0 unspecified atom stereocenters. The molecule has 2 rings (SSSR count). The van der Waals surface area contributed by atoms with Gasteiger partial charge in [-0.15, -0.1) is 0 Å². The van der Waals surface area contributed by atoms with E-state index in [4.69, 9.17) is 17.4 Å². The second-order valence-corrected chi connectivity index (χ2v) is 6.81. The van der Waals surface area contributed by atoms with E-state index in [0.717, 1.165) is 5.56 Å². The number of nitrogens with one attached hydrogen (secondary N) is 1. The van der Waals surface area contributed by atoms with Crippen molar-refractivity contribution in [3.8, 4) is 0 Å². The van der Waals surface area contributed by atoms with Crippen LogP contribution in [-0.4, -0.2) is 14.4 Å². The molecule has 0 amide bonds. The van der Waals surface area contributed by atoms with Crippen molar-refractivity contribution in [2.75, 3.05) is 5.43 Å². The van der Waals surface area contributed by atoms with Crippen LogP contribution in [0.5, 0.6) is 0 Å². The van der Waals surface area contributed by atoms with Crippen molar-refractivity contribution < 1.29 is 17.4 Å². The molecule has 0 saturated heterocycles. The number of aryl methyl sites for hydroxylation is 1. The largest absolute Gasteiger partial charge is 0.342 e. The molecule has 0 saturated carbocycles. The number of benzene rings is 2. The van der Waals surface area contributed by atoms with Gasteiger partial charge in [-0.05, 0) is 36.8 Å². The predicted molar refractivity (Wildman–Crippen MR) is 87.4 cm³/mol. The third-order valence-corrected chi connectivity index (χ3v) is 4.62. The molecule has 3 N–H and O–H groups in total. The van der Waals surface area contributed by atoms with E-state index in [2.05, 4.69) is 9.61 Å². The Morgan fingerprint density at radius 2 is 1.87 bits per heavy atom. The fourth-order valence-corrected chi connectivity index (χ4v) is 2.98. The molecule has 0 aliphatic heterocycles. The Labute approximate surface area is 139 Å². The van der Waals surface area contributed by atoms with Crippen LogP contribution >= 0.6 is 11.6 Å². The number of carbonyl (C=O) groups excluding carboxylic acids is 1. The van der Waals surface area contributed by atoms with Crippen LogP contribution in [0.1, 0.15) is 11.1 Å². The van der Waals surface area contributed by atoms with Crippen LogP contribution in [0.15, 0.2) is 47.4 Å². The topological polar surface area (TPSA) is 98.5 Å². The number of anilines is 1. The average molecular weight is 355 g/mol. The molecular formula is C15H15ClN2O4S. The zero-order chi connectivity index (χ0) is 17.0. The Morgan fingerprint density at radius 3 is 2.43 bits per heavy atom. The molecule has 0 aliphatic rings. The third-order valence-electron chi connectivity index (χ3n) is 3.05. The number of carbonyl (C=O) groups is 1. The second kappa shape index (κ2) is 6.99. The number of hydrazine groups is 1. The first-order valence-corrected chi connectivity index (χ1v) is 8.39. The van der Waals surface area contributed by atoms with Crippen LogP contribution in [0.2, 0.25) is 5.02 Å². The van der Waals surface area contributed by atoms with E-state index in [1.54, 1.807) is 24.3 Å². The maximum atomic E-state index is 12.0. The first kappa shape index (κ1) is 17.3. The molecule has 0 bridgehead atoms. The van der Waals surface area contributed by atoms with Gasteiger partial charge in [0, 0.05) is 0 Å². The SMILES string of the molecule is Cc1ccc(S(=O)(=O)OC(=O)Cc2ccc(NN)c(Cl)c2)cc1. The molecule has 8 heteroatoms. The number of rotatable bonds is 5. The zero-order valence-corrected chi connectivity index (χ0v) is 13.8. The molecule has 23 heavy (non-hydrogen) atoms. The molecule has 0 fully saturated rings. The third kappa shape index (κ3) is 4.44. The summed E-state index contributed by atoms with van der Waals surface area (Å²) in [6, 6.07) is 10.7. The molecule has 0 atom stereocenters. The van der Waals surface area contributed by atoms with Gasteiger partial charge in [0.1, 0.15) is 4.90 Å². The maximum absolute atomic E-state index is 12.0. The van der Waals surface area contributed by atoms with E-state index in [1.165, 1.54) is 18.2 Å². The standard InChI is InChI=1S/C15H15ClN2O4S/c1-10-2-5-12(6-3-10)23(20,21)22-15(19)9-11-4-7-14(18-17)13(16)8-11/h2-8,18H,9,17H2,1H3. The van der Waals surface area contributed by atoms with E-state index in [0.29, 0.717) is 16.3 Å². The van der Waals surface area contributed by atoms with E-state index >= 15 is 0 Å². The van der Waals surface area contributed by atoms with Crippen LogP contribution < -0.4 is 11.3 Å². The summed E-state index contributed by atoms with van der Waals surface area (Å²) in [6.45, 7) is 1.83. The number of nitrogens with two attached hydrogens (primary N) is 1. The lowest BCUT2D eigenvalue weighted by atomic mass is 10.1. The fraction of sp³-hybridized carbons (Fsp3) is 0.133. The van der Waals surface area contributed by atoms with Crippen molar-refractivity contribution >= 4 is 33.4 Å². The molecule has 0 spiro atoms. The summed E-state index contributed by atoms with van der Waals surface area (Å²) in [5.74, 6) is 4.36. The molecule has 6 nitrogen and oxygen atoms in total. The van der Waals surface area contributed by atoms with Crippen molar-refractivity contribution in [2.45, 2.75) is 18.2 Å². The molecular weight excluding hydrogens is 340 g/mol. The van der Waals surface area contributed by atoms with Crippen LogP contribution in [0.25, 0.3) is 0 Å². The number of hydrogen-bond acceptors (Lipinski definition) is 6. The Hall–Kier alpha value is -2.09. The average Bonchev–Trinajstić information content (AvgIpc) is 2.47. The molecule has 122 valence electrons. The summed E-state index contributed by atoms with van der Waals surface area (Å²) in [5, 5.41) is 0.319. The maximum Gasteiger partial charge on any atom is 0.341 e. The van der Waals surface area contributed by atoms with Gasteiger partial charge in [0.2, 0.25) is 0 Å². The van der Waals surface area contributed by atoms with Crippen molar-refractivity contribution in [3.05, 3.63) is 58.6 Å². The quantitative estimate of drug-likeness (QED) is 0.486. The Kier molecular flexibility index (Phi) is 5.25. The highest BCUT2D eigenvalue weighted by molar-refractivity contribution is 7.87. The van der Waals surface area contributed by atoms with Gasteiger partial charge in [-0.2, -0.15) is 8.42 Å². The summed E-state index contributed by atoms with van der Waals surface area (Å²) in [6.07, 6.45) is -0.227. The summed E-state index contributed by atoms with van der Waals surface area (Å²) in [4.78, 5) is 11.8. The van der Waals surface area contributed by atoms with Crippen molar-refractivity contribution in [3.63, 3.8) is 0 Å². The highest BCUT2D eigenvalue weighted by Gasteiger charge is 2.20. The highest BCUT2D eigenvalue weighted by Crippen LogP contribution is 2.22. The van der Waals surface area contributed by atoms with Crippen LogP contribution in [0.4, 0.5) is 5.69 Å². The van der Waals surface area contributed by atoms with E-state index in [1.807, 2.05) is 6.92 Å². The summed E-state index contributed by atoms with van der Waals surface area (Å²) < 4.78 is 28.6. The van der Waals surface area contributed by atoms with E-state index < -0.39 is 16.1 Å². The van der Waals surface area contributed by atoms with Gasteiger partial charge < -0.3 is 9.61 Å². The first-order valence-electron chi connectivity index (χ1n) is 6.61. The van der Waals surface area contributed by atoms with Gasteiger partial charge in [0.05, 0.1) is 17.1 Å². The van der Waals surface area contributed by atoms with Crippen molar-refractivity contribution in [1.82, 2.24) is 0 Å². The number of hydrogen-bond donors (Lipinski definition) is 2. The normalized spacial score (nSPS) is 11.1. The molecule has 0 heterocycles. The van der Waals surface area contributed by atoms with E-state index in [-0.39, 0.29) is 11.3 Å². The van der Waals surface area contributed by atoms with Crippen LogP contribution in [-0.2, 0) is 25.5 Å². The monoisotopic (exact) mass is 354 g/mol. The lowest BCUT2D eigenvalue weighted by Gasteiger charge is -2.08. The smallest absolute Gasteiger partial charge is 0.341 e. The van der Waals surface area contributed by atoms with Gasteiger partial charge in [0.25, 0.3) is 0 Å². The molecule has 0 aliphatic carbocycles. The highest BCUT2D eigenvalue weighted by atomic mass is 35.5. The Morgan fingerprint density at radius 1 is 1.22 bits per heavy atom. The summed E-state index contributed by atoms with van der Waals surface area (Å²) >= 11 is 5.94. The Bertz CT molecular complexity index is 820. The minimum absolute atomic E-state index is 0.0721. The van der Waals surface area contributed by atoms with E-state index in [9.17, 15) is 13.2 Å². The van der Waals surface area contributed by atoms with Crippen LogP contribution in [0.3, 0.4) is 0 Å². The lowest BCUT2D eigenvalue weighted by molar-refractivity contribution is -0.133. The number of nitrogen functional groups attached to an aromatic ring is 1. The fourth-order valence-electron chi connectivity index (χ4n) is 1.86. The summed E-state index contributed by atoms with van der Waals surface area (Å²) in [5.41, 5.74) is 4.31. The van der Waals surface area contributed by atoms with Gasteiger partial charge in [0.15, 0.2) is 0 Å². The summed E-state index contributed by atoms with van der Waals surface area (Å²) in [7, 11) is -4.13. The van der Waals surface area contributed by atoms with Gasteiger partial charge in [-0.3, -0.25) is 10.6 Å². The Balaban J connectivity index is 2.09. The minimum Gasteiger partial charge on any atom is -0.342 e. The molecule has 0 aromatic heterocycles. The number of halogens is 1. The van der Waals surface area contributed by atoms with Crippen molar-refractivity contribution in [1.29, 1.82) is 0 Å². The second-order valence-electron chi connectivity index (χ2n) is 4.86. The molecule has 2 aromatic rings. The van der Waals surface area contributed by atoms with Gasteiger partial charge in [-0.1, -0.05) is 35.4 Å². The zero-order valence-electron chi connectivity index (χ0n) is 12.2. The molecule has 0 radical (unpaired) electrons. The lowest BCUT2D eigenvalue weighted by Crippen LogP contribution is -2.15. The molecule has 2 aromatic carbocycles. The van der Waals surface area contributed by atoms with Gasteiger partial charge in [-0.25, -0.2) is 0 Å². The van der Waals surface area contributed by atoms with Crippen LogP contribution in [0, 0.1) is 6.92 Å². The predicted octanol–water partition coefficient (Wildman–Crippen LogP) is 2.41. The first-order chi connectivity index (χ1) is 10.8. The van der Waals surface area contributed by atoms with Crippen molar-refractivity contribution in [2.24, 2.45) is 5.84 Å². The van der Waals surface area contributed by atoms with Gasteiger partial charge >= 0.3 is 16.1 Å². The minimum atomic E-state index is -4.13.